The molecule has 0 radical (unpaired) electrons. The number of methoxy groups -OCH3 is 1. The summed E-state index contributed by atoms with van der Waals surface area (Å²) in [5, 5.41) is 12.3. The van der Waals surface area contributed by atoms with Gasteiger partial charge in [0.2, 0.25) is 0 Å². The van der Waals surface area contributed by atoms with E-state index < -0.39 is 0 Å². The Balaban J connectivity index is 1.60. The van der Waals surface area contributed by atoms with E-state index in [2.05, 4.69) is 10.1 Å². The van der Waals surface area contributed by atoms with E-state index in [0.29, 0.717) is 34.9 Å². The van der Waals surface area contributed by atoms with Crippen LogP contribution >= 0.6 is 11.6 Å². The number of hydrogen-bond acceptors (Lipinski definition) is 6. The Morgan fingerprint density at radius 1 is 1.24 bits per heavy atom. The van der Waals surface area contributed by atoms with Gasteiger partial charge in [-0.2, -0.15) is 0 Å². The van der Waals surface area contributed by atoms with E-state index in [4.69, 9.17) is 30.7 Å². The quantitative estimate of drug-likeness (QED) is 0.318. The Morgan fingerprint density at radius 2 is 2.07 bits per heavy atom. The molecule has 2 aromatic carbocycles. The van der Waals surface area contributed by atoms with Crippen LogP contribution in [0.5, 0.6) is 11.5 Å². The van der Waals surface area contributed by atoms with Crippen molar-refractivity contribution in [3.05, 3.63) is 52.4 Å². The minimum Gasteiger partial charge on any atom is -0.493 e. The predicted molar refractivity (Wildman–Crippen MR) is 112 cm³/mol. The Labute approximate surface area is 174 Å². The highest BCUT2D eigenvalue weighted by Gasteiger charge is 2.19. The fourth-order valence-electron chi connectivity index (χ4n) is 3.76. The van der Waals surface area contributed by atoms with Gasteiger partial charge in [-0.05, 0) is 55.5 Å². The van der Waals surface area contributed by atoms with E-state index >= 15 is 0 Å². The second-order valence-electron chi connectivity index (χ2n) is 7.21. The molecule has 0 bridgehead atoms. The highest BCUT2D eigenvalue weighted by molar-refractivity contribution is 6.31. The van der Waals surface area contributed by atoms with Crippen molar-refractivity contribution in [3.63, 3.8) is 0 Å². The fourth-order valence-corrected chi connectivity index (χ4v) is 4.00. The number of benzene rings is 2. The lowest BCUT2D eigenvalue weighted by Gasteiger charge is -2.16. The van der Waals surface area contributed by atoms with Gasteiger partial charge in [0.25, 0.3) is 0 Å². The first-order valence-corrected chi connectivity index (χ1v) is 10.1. The number of fused-ring (bicyclic) bond motifs is 1. The molecule has 7 heteroatoms. The van der Waals surface area contributed by atoms with Gasteiger partial charge < -0.3 is 19.1 Å². The van der Waals surface area contributed by atoms with E-state index in [0.717, 1.165) is 35.5 Å². The van der Waals surface area contributed by atoms with Crippen LogP contribution in [0, 0.1) is 0 Å². The Kier molecular flexibility index (Phi) is 5.90. The molecular formula is C22H23ClN2O4. The average Bonchev–Trinajstić information content (AvgIpc) is 3.35. The van der Waals surface area contributed by atoms with Crippen molar-refractivity contribution in [2.75, 3.05) is 7.11 Å². The number of halogens is 1. The summed E-state index contributed by atoms with van der Waals surface area (Å²) >= 11 is 6.19. The van der Waals surface area contributed by atoms with E-state index in [1.54, 1.807) is 19.2 Å². The van der Waals surface area contributed by atoms with Crippen LogP contribution in [0.3, 0.4) is 0 Å². The van der Waals surface area contributed by atoms with Gasteiger partial charge >= 0.3 is 0 Å². The van der Waals surface area contributed by atoms with Crippen molar-refractivity contribution in [1.82, 2.24) is 4.98 Å². The van der Waals surface area contributed by atoms with Gasteiger partial charge in [0.05, 0.1) is 13.2 Å². The third-order valence-electron chi connectivity index (χ3n) is 5.15. The van der Waals surface area contributed by atoms with Gasteiger partial charge in [0, 0.05) is 29.6 Å². The lowest BCUT2D eigenvalue weighted by Crippen LogP contribution is -2.11. The normalized spacial score (nSPS) is 14.8. The molecule has 6 nitrogen and oxygen atoms in total. The zero-order chi connectivity index (χ0) is 20.2. The molecule has 0 aliphatic heterocycles. The summed E-state index contributed by atoms with van der Waals surface area (Å²) in [6, 6.07) is 9.47. The summed E-state index contributed by atoms with van der Waals surface area (Å²) in [5.74, 6) is 2.08. The SMILES string of the molecule is COc1ccc(Cc2nc3cc(Cl)cc(C/C=N\O)c3o2)cc1OC1CCCC1. The molecular weight excluding hydrogens is 392 g/mol. The minimum atomic E-state index is 0.251. The van der Waals surface area contributed by atoms with Crippen LogP contribution in [0.2, 0.25) is 5.02 Å². The van der Waals surface area contributed by atoms with Crippen LogP contribution in [0.15, 0.2) is 39.9 Å². The maximum absolute atomic E-state index is 8.71. The Hall–Kier alpha value is -2.73. The molecule has 1 N–H and O–H groups in total. The Morgan fingerprint density at radius 3 is 2.83 bits per heavy atom. The summed E-state index contributed by atoms with van der Waals surface area (Å²) in [5.41, 5.74) is 3.18. The van der Waals surface area contributed by atoms with Gasteiger partial charge in [0.1, 0.15) is 5.52 Å². The summed E-state index contributed by atoms with van der Waals surface area (Å²) in [4.78, 5) is 4.58. The molecule has 1 aromatic heterocycles. The standard InChI is InChI=1S/C22H23ClN2O4/c1-27-19-7-6-14(10-20(19)28-17-4-2-3-5-17)11-21-25-18-13-16(23)12-15(8-9-24-26)22(18)29-21/h6-7,9-10,12-13,17,26H,2-5,8,11H2,1H3/b24-9-. The third kappa shape index (κ3) is 4.48. The minimum absolute atomic E-state index is 0.251. The molecule has 1 heterocycles. The number of ether oxygens (including phenoxy) is 2. The van der Waals surface area contributed by atoms with Crippen molar-refractivity contribution < 1.29 is 19.1 Å². The molecule has 1 aliphatic carbocycles. The molecule has 1 saturated carbocycles. The maximum atomic E-state index is 8.71. The van der Waals surface area contributed by atoms with Gasteiger partial charge in [0.15, 0.2) is 23.0 Å². The van der Waals surface area contributed by atoms with Crippen molar-refractivity contribution >= 4 is 28.9 Å². The monoisotopic (exact) mass is 414 g/mol. The molecule has 0 spiro atoms. The molecule has 4 rings (SSSR count). The largest absolute Gasteiger partial charge is 0.493 e. The topological polar surface area (TPSA) is 77.1 Å². The van der Waals surface area contributed by atoms with Gasteiger partial charge in [-0.15, -0.1) is 5.16 Å². The van der Waals surface area contributed by atoms with Crippen LogP contribution in [-0.2, 0) is 12.8 Å². The number of hydrogen-bond donors (Lipinski definition) is 1. The summed E-state index contributed by atoms with van der Waals surface area (Å²) in [6.45, 7) is 0. The summed E-state index contributed by atoms with van der Waals surface area (Å²) < 4.78 is 17.6. The second kappa shape index (κ2) is 8.74. The average molecular weight is 415 g/mol. The van der Waals surface area contributed by atoms with Crippen LogP contribution < -0.4 is 9.47 Å². The molecule has 1 aliphatic rings. The van der Waals surface area contributed by atoms with Gasteiger partial charge in [-0.1, -0.05) is 17.7 Å². The van der Waals surface area contributed by atoms with E-state index in [-0.39, 0.29) is 6.10 Å². The molecule has 3 aromatic rings. The second-order valence-corrected chi connectivity index (χ2v) is 7.65. The van der Waals surface area contributed by atoms with Gasteiger partial charge in [-0.3, -0.25) is 0 Å². The highest BCUT2D eigenvalue weighted by atomic mass is 35.5. The van der Waals surface area contributed by atoms with Crippen LogP contribution in [0.4, 0.5) is 0 Å². The zero-order valence-corrected chi connectivity index (χ0v) is 17.0. The van der Waals surface area contributed by atoms with Crippen molar-refractivity contribution in [2.24, 2.45) is 5.16 Å². The van der Waals surface area contributed by atoms with Crippen molar-refractivity contribution in [3.8, 4) is 11.5 Å². The van der Waals surface area contributed by atoms with Gasteiger partial charge in [-0.25, -0.2) is 4.98 Å². The molecule has 152 valence electrons. The molecule has 0 saturated heterocycles. The number of rotatable bonds is 7. The molecule has 29 heavy (non-hydrogen) atoms. The molecule has 0 amide bonds. The third-order valence-corrected chi connectivity index (χ3v) is 5.37. The lowest BCUT2D eigenvalue weighted by molar-refractivity contribution is 0.200. The van der Waals surface area contributed by atoms with Crippen molar-refractivity contribution in [1.29, 1.82) is 0 Å². The molecule has 0 atom stereocenters. The van der Waals surface area contributed by atoms with Crippen LogP contribution in [0.25, 0.3) is 11.1 Å². The van der Waals surface area contributed by atoms with E-state index in [1.807, 2.05) is 18.2 Å². The maximum Gasteiger partial charge on any atom is 0.199 e. The first-order valence-electron chi connectivity index (χ1n) is 9.73. The summed E-state index contributed by atoms with van der Waals surface area (Å²) in [6.07, 6.45) is 7.15. The van der Waals surface area contributed by atoms with Crippen molar-refractivity contribution in [2.45, 2.75) is 44.6 Å². The van der Waals surface area contributed by atoms with Crippen LogP contribution in [-0.4, -0.2) is 29.6 Å². The fraction of sp³-hybridized carbons (Fsp3) is 0.364. The smallest absolute Gasteiger partial charge is 0.199 e. The zero-order valence-electron chi connectivity index (χ0n) is 16.2. The number of nitrogens with zero attached hydrogens (tertiary/aromatic N) is 2. The molecule has 0 unspecified atom stereocenters. The lowest BCUT2D eigenvalue weighted by atomic mass is 10.1. The highest BCUT2D eigenvalue weighted by Crippen LogP contribution is 2.33. The number of oxazole rings is 1. The summed E-state index contributed by atoms with van der Waals surface area (Å²) in [7, 11) is 1.65. The van der Waals surface area contributed by atoms with Crippen LogP contribution in [0.1, 0.15) is 42.7 Å². The number of aromatic nitrogens is 1. The first kappa shape index (κ1) is 19.6. The molecule has 1 fully saturated rings. The predicted octanol–water partition coefficient (Wildman–Crippen LogP) is 5.40. The number of oxime groups is 1. The first-order chi connectivity index (χ1) is 14.2. The van der Waals surface area contributed by atoms with E-state index in [9.17, 15) is 0 Å². The Bertz CT molecular complexity index is 1030. The van der Waals surface area contributed by atoms with E-state index in [1.165, 1.54) is 19.1 Å².